The van der Waals surface area contributed by atoms with Crippen LogP contribution in [0.1, 0.15) is 40.2 Å². The number of rotatable bonds is 4. The van der Waals surface area contributed by atoms with E-state index in [-0.39, 0.29) is 12.1 Å². The molecule has 1 saturated carbocycles. The summed E-state index contributed by atoms with van der Waals surface area (Å²) in [6, 6.07) is 0.271. The summed E-state index contributed by atoms with van der Waals surface area (Å²) in [5.74, 6) is 0. The predicted molar refractivity (Wildman–Crippen MR) is 88.9 cm³/mol. The average Bonchev–Trinajstić information content (AvgIpc) is 3.32. The molecule has 0 spiro atoms. The maximum absolute atomic E-state index is 10.6. The minimum Gasteiger partial charge on any atom is -0.460 e. The number of aromatic nitrogens is 4. The van der Waals surface area contributed by atoms with Crippen molar-refractivity contribution in [3.63, 3.8) is 0 Å². The van der Waals surface area contributed by atoms with Gasteiger partial charge in [-0.2, -0.15) is 4.98 Å². The van der Waals surface area contributed by atoms with Gasteiger partial charge in [0, 0.05) is 0 Å². The van der Waals surface area contributed by atoms with Gasteiger partial charge in [-0.3, -0.25) is 4.57 Å². The van der Waals surface area contributed by atoms with Crippen LogP contribution in [-0.2, 0) is 4.74 Å². The molecule has 2 aliphatic rings. The summed E-state index contributed by atoms with van der Waals surface area (Å²) in [7, 11) is 0. The summed E-state index contributed by atoms with van der Waals surface area (Å²) in [6.07, 6.45) is 5.85. The van der Waals surface area contributed by atoms with E-state index in [1.165, 1.54) is 12.4 Å². The van der Waals surface area contributed by atoms with Gasteiger partial charge in [0.25, 0.3) is 0 Å². The van der Waals surface area contributed by atoms with Gasteiger partial charge in [-0.1, -0.05) is 6.08 Å². The van der Waals surface area contributed by atoms with Gasteiger partial charge in [-0.25, -0.2) is 9.97 Å². The van der Waals surface area contributed by atoms with E-state index in [1.54, 1.807) is 17.7 Å². The summed E-state index contributed by atoms with van der Waals surface area (Å²) in [5.41, 5.74) is -0.652. The second-order valence-corrected chi connectivity index (χ2v) is 6.71. The highest BCUT2D eigenvalue weighted by atomic mass is 16.6. The molecule has 2 aromatic rings. The van der Waals surface area contributed by atoms with Gasteiger partial charge >= 0.3 is 6.01 Å². The van der Waals surface area contributed by atoms with Gasteiger partial charge in [0.1, 0.15) is 23.3 Å². The highest BCUT2D eigenvalue weighted by Gasteiger charge is 2.52. The third kappa shape index (κ3) is 2.61. The number of hydrogen-bond acceptors (Lipinski definition) is 7. The third-order valence-corrected chi connectivity index (χ3v) is 5.15. The van der Waals surface area contributed by atoms with E-state index >= 15 is 0 Å². The zero-order valence-corrected chi connectivity index (χ0v) is 13.9. The van der Waals surface area contributed by atoms with Crippen molar-refractivity contribution < 1.29 is 21.1 Å². The molecule has 25 heavy (non-hydrogen) atoms. The van der Waals surface area contributed by atoms with Crippen LogP contribution in [0, 0.1) is 0 Å². The lowest BCUT2D eigenvalue weighted by atomic mass is 9.93. The van der Waals surface area contributed by atoms with Crippen molar-refractivity contribution >= 4 is 11.2 Å². The Balaban J connectivity index is 1.66. The SMILES string of the molecule is [2H]C=C[C@]1(O)[C@@H](C)OC(n2cnc3cnc(OC4CCCC4)nc32)[C@@H]1O. The van der Waals surface area contributed by atoms with Crippen LogP contribution in [0.2, 0.25) is 0 Å². The van der Waals surface area contributed by atoms with E-state index in [0.29, 0.717) is 11.2 Å². The van der Waals surface area contributed by atoms with Crippen LogP contribution in [0.3, 0.4) is 0 Å². The molecule has 0 bridgehead atoms. The Hall–Kier alpha value is -2.03. The number of imidazole rings is 1. The normalized spacial score (nSPS) is 34.2. The molecule has 4 rings (SSSR count). The second-order valence-electron chi connectivity index (χ2n) is 6.71. The summed E-state index contributed by atoms with van der Waals surface area (Å²) < 4.78 is 20.4. The van der Waals surface area contributed by atoms with Crippen molar-refractivity contribution in [2.24, 2.45) is 0 Å². The van der Waals surface area contributed by atoms with Crippen LogP contribution in [0.4, 0.5) is 0 Å². The summed E-state index contributed by atoms with van der Waals surface area (Å²) in [4.78, 5) is 12.9. The Morgan fingerprint density at radius 3 is 3.04 bits per heavy atom. The lowest BCUT2D eigenvalue weighted by molar-refractivity contribution is -0.0360. The molecule has 8 nitrogen and oxygen atoms in total. The van der Waals surface area contributed by atoms with E-state index in [2.05, 4.69) is 15.0 Å². The van der Waals surface area contributed by atoms with E-state index < -0.39 is 24.0 Å². The molecule has 3 heterocycles. The molecule has 0 amide bonds. The number of aliphatic hydroxyl groups is 2. The molecule has 0 aromatic carbocycles. The van der Waals surface area contributed by atoms with Crippen LogP contribution >= 0.6 is 0 Å². The van der Waals surface area contributed by atoms with E-state index in [1.807, 2.05) is 0 Å². The highest BCUT2D eigenvalue weighted by molar-refractivity contribution is 5.69. The van der Waals surface area contributed by atoms with Crippen LogP contribution in [-0.4, -0.2) is 53.6 Å². The monoisotopic (exact) mass is 347 g/mol. The van der Waals surface area contributed by atoms with Gasteiger partial charge in [-0.15, -0.1) is 6.55 Å². The molecule has 1 saturated heterocycles. The zero-order chi connectivity index (χ0) is 18.3. The van der Waals surface area contributed by atoms with Gasteiger partial charge in [0.2, 0.25) is 0 Å². The first-order chi connectivity index (χ1) is 12.5. The molecule has 1 aliphatic carbocycles. The number of fused-ring (bicyclic) bond motifs is 1. The first-order valence-electron chi connectivity index (χ1n) is 9.09. The van der Waals surface area contributed by atoms with Crippen molar-refractivity contribution in [2.75, 3.05) is 0 Å². The molecule has 134 valence electrons. The molecule has 4 atom stereocenters. The molecule has 1 unspecified atom stereocenters. The molecule has 2 aromatic heterocycles. The third-order valence-electron chi connectivity index (χ3n) is 5.15. The van der Waals surface area contributed by atoms with Gasteiger partial charge < -0.3 is 19.7 Å². The predicted octanol–water partition coefficient (Wildman–Crippen LogP) is 1.34. The van der Waals surface area contributed by atoms with Crippen LogP contribution in [0.5, 0.6) is 6.01 Å². The molecule has 1 aliphatic heterocycles. The lowest BCUT2D eigenvalue weighted by Gasteiger charge is -2.25. The second kappa shape index (κ2) is 6.05. The standard InChI is InChI=1S/C17H22N4O4/c1-3-17(23)10(2)24-15(13(17)22)21-9-19-12-8-18-16(20-14(12)21)25-11-6-4-5-7-11/h3,8-11,13,15,22-23H,1,4-7H2,2H3/t10-,13+,15?,17+/m1/s1/i1D. The van der Waals surface area contributed by atoms with Crippen LogP contribution in [0.25, 0.3) is 11.2 Å². The average molecular weight is 347 g/mol. The number of nitrogens with zero attached hydrogens (tertiary/aromatic N) is 4. The van der Waals surface area contributed by atoms with E-state index in [0.717, 1.165) is 32.2 Å². The fraction of sp³-hybridized carbons (Fsp3) is 0.588. The molecule has 2 N–H and O–H groups in total. The summed E-state index contributed by atoms with van der Waals surface area (Å²) in [5, 5.41) is 21.2. The Morgan fingerprint density at radius 1 is 1.48 bits per heavy atom. The molecular weight excluding hydrogens is 324 g/mol. The smallest absolute Gasteiger partial charge is 0.318 e. The Kier molecular flexibility index (Phi) is 3.69. The van der Waals surface area contributed by atoms with E-state index in [9.17, 15) is 10.2 Å². The molecule has 8 heteroatoms. The van der Waals surface area contributed by atoms with E-state index in [4.69, 9.17) is 10.8 Å². The summed E-state index contributed by atoms with van der Waals surface area (Å²) in [6.45, 7) is 2.60. The number of ether oxygens (including phenoxy) is 2. The lowest BCUT2D eigenvalue weighted by Crippen LogP contribution is -2.44. The van der Waals surface area contributed by atoms with Gasteiger partial charge in [-0.05, 0) is 32.6 Å². The first kappa shape index (κ1) is 15.2. The van der Waals surface area contributed by atoms with Gasteiger partial charge in [0.15, 0.2) is 11.9 Å². The Morgan fingerprint density at radius 2 is 2.28 bits per heavy atom. The summed E-state index contributed by atoms with van der Waals surface area (Å²) >= 11 is 0. The van der Waals surface area contributed by atoms with Crippen molar-refractivity contribution in [1.82, 2.24) is 19.5 Å². The molecule has 0 radical (unpaired) electrons. The number of aliphatic hydroxyl groups excluding tert-OH is 1. The quantitative estimate of drug-likeness (QED) is 0.805. The van der Waals surface area contributed by atoms with Crippen molar-refractivity contribution in [1.29, 1.82) is 0 Å². The van der Waals surface area contributed by atoms with Crippen molar-refractivity contribution in [2.45, 2.75) is 62.7 Å². The Labute approximate surface area is 146 Å². The fourth-order valence-corrected chi connectivity index (χ4v) is 3.52. The Bertz CT molecular complexity index is 822. The first-order valence-corrected chi connectivity index (χ1v) is 8.51. The maximum atomic E-state index is 10.6. The zero-order valence-electron chi connectivity index (χ0n) is 14.9. The molecular formula is C17H22N4O4. The number of hydrogen-bond donors (Lipinski definition) is 2. The van der Waals surface area contributed by atoms with Gasteiger partial charge in [0.05, 0.1) is 20.0 Å². The maximum Gasteiger partial charge on any atom is 0.318 e. The minimum atomic E-state index is -1.65. The topological polar surface area (TPSA) is 103 Å². The van der Waals surface area contributed by atoms with Crippen LogP contribution in [0.15, 0.2) is 25.2 Å². The van der Waals surface area contributed by atoms with Crippen molar-refractivity contribution in [3.8, 4) is 6.01 Å². The minimum absolute atomic E-state index is 0.129. The van der Waals surface area contributed by atoms with Crippen molar-refractivity contribution in [3.05, 3.63) is 25.2 Å². The largest absolute Gasteiger partial charge is 0.460 e. The van der Waals surface area contributed by atoms with Crippen LogP contribution < -0.4 is 4.74 Å². The fourth-order valence-electron chi connectivity index (χ4n) is 3.52. The molecule has 2 fully saturated rings. The highest BCUT2D eigenvalue weighted by Crippen LogP contribution is 2.38.